The van der Waals surface area contributed by atoms with Crippen LogP contribution in [0.5, 0.6) is 0 Å². The van der Waals surface area contributed by atoms with Crippen LogP contribution in [0.25, 0.3) is 11.2 Å². The number of nitrogens with zero attached hydrogens (tertiary/aromatic N) is 3. The molecule has 0 saturated carbocycles. The minimum absolute atomic E-state index is 0.0251. The fourth-order valence-corrected chi connectivity index (χ4v) is 1.51. The molecule has 0 fully saturated rings. The van der Waals surface area contributed by atoms with E-state index in [1.165, 1.54) is 6.33 Å². The number of hydrogen-bond donors (Lipinski definition) is 4. The topological polar surface area (TPSA) is 156 Å². The summed E-state index contributed by atoms with van der Waals surface area (Å²) in [6, 6.07) is 0. The lowest BCUT2D eigenvalue weighted by molar-refractivity contribution is 0.147. The molecule has 10 nitrogen and oxygen atoms in total. The third-order valence-corrected chi connectivity index (χ3v) is 2.35. The molecule has 0 atom stereocenters. The summed E-state index contributed by atoms with van der Waals surface area (Å²) >= 11 is 0. The number of aromatic amines is 1. The van der Waals surface area contributed by atoms with Crippen LogP contribution in [-0.4, -0.2) is 36.1 Å². The Hall–Kier alpha value is -2.34. The van der Waals surface area contributed by atoms with Crippen LogP contribution in [0, 0.1) is 11.6 Å². The Kier molecular flexibility index (Phi) is 3.26. The van der Waals surface area contributed by atoms with Gasteiger partial charge in [-0.05, 0) is 5.92 Å². The Morgan fingerprint density at radius 3 is 3.00 bits per heavy atom. The van der Waals surface area contributed by atoms with E-state index in [4.69, 9.17) is 20.4 Å². The van der Waals surface area contributed by atoms with E-state index in [1.807, 2.05) is 0 Å². The second-order valence-electron chi connectivity index (χ2n) is 3.30. The van der Waals surface area contributed by atoms with Gasteiger partial charge in [-0.25, -0.2) is 9.55 Å². The first-order valence-electron chi connectivity index (χ1n) is 4.78. The van der Waals surface area contributed by atoms with Crippen molar-refractivity contribution >= 4 is 24.7 Å². The van der Waals surface area contributed by atoms with Crippen molar-refractivity contribution in [3.8, 4) is 11.6 Å². The van der Waals surface area contributed by atoms with Crippen molar-refractivity contribution in [2.75, 3.05) is 12.3 Å². The van der Waals surface area contributed by atoms with Crippen molar-refractivity contribution in [1.29, 1.82) is 0 Å². The van der Waals surface area contributed by atoms with Gasteiger partial charge in [0, 0.05) is 5.66 Å². The molecule has 0 aliphatic carbocycles. The summed E-state index contributed by atoms with van der Waals surface area (Å²) in [6.45, 7) is -0.315. The molecule has 0 aromatic carbocycles. The molecule has 0 unspecified atom stereocenters. The highest BCUT2D eigenvalue weighted by Gasteiger charge is 2.09. The van der Waals surface area contributed by atoms with Gasteiger partial charge in [0.05, 0.1) is 0 Å². The first-order valence-corrected chi connectivity index (χ1v) is 6.40. The van der Waals surface area contributed by atoms with E-state index >= 15 is 0 Å². The Labute approximate surface area is 105 Å². The maximum atomic E-state index is 11.4. The van der Waals surface area contributed by atoms with Crippen LogP contribution in [-0.2, 0) is 4.57 Å². The number of hydrogen-bond acceptors (Lipinski definition) is 6. The molecule has 19 heavy (non-hydrogen) atoms. The fourth-order valence-electron chi connectivity index (χ4n) is 1.24. The van der Waals surface area contributed by atoms with Crippen molar-refractivity contribution in [3.63, 3.8) is 0 Å². The van der Waals surface area contributed by atoms with Gasteiger partial charge in [-0.2, -0.15) is 9.71 Å². The molecule has 0 aliphatic heterocycles. The zero-order valence-electron chi connectivity index (χ0n) is 9.27. The average molecular weight is 285 g/mol. The van der Waals surface area contributed by atoms with Crippen molar-refractivity contribution in [2.24, 2.45) is 0 Å². The lowest BCUT2D eigenvalue weighted by atomic mass is 10.5. The maximum absolute atomic E-state index is 11.4. The molecular formula is C8H8N5O5P. The van der Waals surface area contributed by atoms with Crippen molar-refractivity contribution in [1.82, 2.24) is 19.7 Å². The lowest BCUT2D eigenvalue weighted by Gasteiger charge is -2.02. The highest BCUT2D eigenvalue weighted by molar-refractivity contribution is 7.57. The number of aromatic nitrogens is 4. The summed E-state index contributed by atoms with van der Waals surface area (Å²) in [6.07, 6.45) is 1.17. The predicted octanol–water partition coefficient (Wildman–Crippen LogP) is -1.73. The first-order chi connectivity index (χ1) is 8.87. The van der Waals surface area contributed by atoms with Crippen molar-refractivity contribution in [2.45, 2.75) is 0 Å². The molecule has 2 aromatic rings. The van der Waals surface area contributed by atoms with Gasteiger partial charge in [-0.3, -0.25) is 9.78 Å². The molecule has 11 heteroatoms. The van der Waals surface area contributed by atoms with E-state index in [1.54, 1.807) is 5.66 Å². The Morgan fingerprint density at radius 2 is 2.32 bits per heavy atom. The third-order valence-electron chi connectivity index (χ3n) is 1.90. The predicted molar refractivity (Wildman–Crippen MR) is 63.8 cm³/mol. The molecule has 100 valence electrons. The molecule has 0 aliphatic rings. The molecule has 0 radical (unpaired) electrons. The molecule has 0 saturated heterocycles. The van der Waals surface area contributed by atoms with E-state index < -0.39 is 13.2 Å². The molecule has 0 amide bonds. The quantitative estimate of drug-likeness (QED) is 0.374. The first kappa shape index (κ1) is 13.1. The highest BCUT2D eigenvalue weighted by Crippen LogP contribution is 2.31. The van der Waals surface area contributed by atoms with E-state index in [-0.39, 0.29) is 23.7 Å². The van der Waals surface area contributed by atoms with Crippen LogP contribution >= 0.6 is 7.60 Å². The van der Waals surface area contributed by atoms with E-state index in [2.05, 4.69) is 20.9 Å². The maximum Gasteiger partial charge on any atom is 0.400 e. The standard InChI is InChI=1S/C8H8N5O5P/c9-8-11-6-5(7(14)12-8)10-4-13(6)18-2-1-3-19(15,16)17/h4H,2H2,(H2,15,16,17)(H3,9,11,12,14). The van der Waals surface area contributed by atoms with Crippen LogP contribution in [0.4, 0.5) is 5.95 Å². The van der Waals surface area contributed by atoms with E-state index in [0.29, 0.717) is 0 Å². The van der Waals surface area contributed by atoms with Crippen LogP contribution in [0.2, 0.25) is 0 Å². The van der Waals surface area contributed by atoms with Crippen LogP contribution in [0.15, 0.2) is 11.1 Å². The molecule has 0 spiro atoms. The minimum atomic E-state index is -4.39. The van der Waals surface area contributed by atoms with E-state index in [0.717, 1.165) is 4.73 Å². The smallest absolute Gasteiger partial charge is 0.398 e. The number of nitrogen functional groups attached to an aromatic ring is 1. The highest BCUT2D eigenvalue weighted by atomic mass is 31.2. The minimum Gasteiger partial charge on any atom is -0.398 e. The van der Waals surface area contributed by atoms with Crippen molar-refractivity contribution in [3.05, 3.63) is 16.7 Å². The Bertz CT molecular complexity index is 778. The largest absolute Gasteiger partial charge is 0.400 e. The number of H-pyrrole nitrogens is 1. The lowest BCUT2D eigenvalue weighted by Crippen LogP contribution is -2.15. The van der Waals surface area contributed by atoms with Gasteiger partial charge < -0.3 is 20.4 Å². The normalized spacial score (nSPS) is 11.1. The van der Waals surface area contributed by atoms with Gasteiger partial charge in [-0.15, -0.1) is 0 Å². The molecule has 5 N–H and O–H groups in total. The summed E-state index contributed by atoms with van der Waals surface area (Å²) < 4.78 is 11.5. The van der Waals surface area contributed by atoms with Crippen LogP contribution in [0.3, 0.4) is 0 Å². The van der Waals surface area contributed by atoms with Crippen molar-refractivity contribution < 1.29 is 19.2 Å². The molecule has 2 rings (SSSR count). The average Bonchev–Trinajstić information content (AvgIpc) is 2.66. The van der Waals surface area contributed by atoms with Crippen LogP contribution < -0.4 is 16.1 Å². The zero-order valence-corrected chi connectivity index (χ0v) is 10.2. The van der Waals surface area contributed by atoms with Crippen LogP contribution in [0.1, 0.15) is 0 Å². The Balaban J connectivity index is 2.24. The SMILES string of the molecule is Nc1nc2c(ncn2OCC#CP(=O)(O)O)c(=O)[nH]1. The number of anilines is 1. The molecule has 0 bridgehead atoms. The van der Waals surface area contributed by atoms with Gasteiger partial charge >= 0.3 is 7.60 Å². The number of fused-ring (bicyclic) bond motifs is 1. The Morgan fingerprint density at radius 1 is 1.58 bits per heavy atom. The molecule has 2 aromatic heterocycles. The molecular weight excluding hydrogens is 277 g/mol. The van der Waals surface area contributed by atoms with Gasteiger partial charge in [0.1, 0.15) is 6.33 Å². The third kappa shape index (κ3) is 3.11. The van der Waals surface area contributed by atoms with Gasteiger partial charge in [-0.1, -0.05) is 0 Å². The number of rotatable bonds is 2. The summed E-state index contributed by atoms with van der Waals surface area (Å²) in [5, 5.41) is 0. The second-order valence-corrected chi connectivity index (χ2v) is 4.61. The van der Waals surface area contributed by atoms with Gasteiger partial charge in [0.15, 0.2) is 12.1 Å². The van der Waals surface area contributed by atoms with E-state index in [9.17, 15) is 9.36 Å². The number of nitrogens with one attached hydrogen (secondary N) is 1. The number of nitrogens with two attached hydrogens (primary N) is 1. The summed E-state index contributed by atoms with van der Waals surface area (Å²) in [7, 11) is -4.39. The van der Waals surface area contributed by atoms with Gasteiger partial charge in [0.2, 0.25) is 11.6 Å². The zero-order chi connectivity index (χ0) is 14.0. The monoisotopic (exact) mass is 285 g/mol. The fraction of sp³-hybridized carbons (Fsp3) is 0.125. The summed E-state index contributed by atoms with van der Waals surface area (Å²) in [5.41, 5.74) is 6.66. The second kappa shape index (κ2) is 4.74. The number of imidazole rings is 1. The summed E-state index contributed by atoms with van der Waals surface area (Å²) in [4.78, 5) is 43.3. The van der Waals surface area contributed by atoms with Gasteiger partial charge in [0.25, 0.3) is 5.56 Å². The summed E-state index contributed by atoms with van der Waals surface area (Å²) in [5.74, 6) is 2.02. The molecule has 2 heterocycles.